The van der Waals surface area contributed by atoms with Gasteiger partial charge in [-0.3, -0.25) is 4.79 Å². The van der Waals surface area contributed by atoms with Gasteiger partial charge in [-0.05, 0) is 30.9 Å². The Bertz CT molecular complexity index is 463. The highest BCUT2D eigenvalue weighted by molar-refractivity contribution is 7.98. The summed E-state index contributed by atoms with van der Waals surface area (Å²) >= 11 is 1.50. The molecule has 0 aliphatic carbocycles. The number of hydrogen-bond donors (Lipinski definition) is 2. The molecular weight excluding hydrogens is 269 g/mol. The summed E-state index contributed by atoms with van der Waals surface area (Å²) in [6.07, 6.45) is 2.11. The number of amides is 1. The van der Waals surface area contributed by atoms with Crippen LogP contribution in [0.15, 0.2) is 24.3 Å². The van der Waals surface area contributed by atoms with Gasteiger partial charge in [0.25, 0.3) is 0 Å². The van der Waals surface area contributed by atoms with Gasteiger partial charge in [0.05, 0.1) is 0 Å². The number of benzene rings is 1. The average molecular weight is 285 g/mol. The molecule has 0 fully saturated rings. The topological polar surface area (TPSA) is 66.4 Å². The van der Waals surface area contributed by atoms with Gasteiger partial charge in [-0.25, -0.2) is 9.18 Å². The molecule has 0 bridgehead atoms. The fourth-order valence-electron chi connectivity index (χ4n) is 1.57. The highest BCUT2D eigenvalue weighted by atomic mass is 32.2. The zero-order valence-corrected chi connectivity index (χ0v) is 11.6. The Morgan fingerprint density at radius 2 is 1.95 bits per heavy atom. The van der Waals surface area contributed by atoms with Crippen molar-refractivity contribution in [3.63, 3.8) is 0 Å². The summed E-state index contributed by atoms with van der Waals surface area (Å²) in [6, 6.07) is 5.06. The second-order valence-electron chi connectivity index (χ2n) is 4.23. The third-order valence-corrected chi connectivity index (χ3v) is 3.38. The van der Waals surface area contributed by atoms with E-state index in [-0.39, 0.29) is 12.3 Å². The first-order valence-corrected chi connectivity index (χ1v) is 7.09. The molecule has 0 heterocycles. The molecule has 1 atom stereocenters. The van der Waals surface area contributed by atoms with E-state index < -0.39 is 17.3 Å². The number of rotatable bonds is 6. The number of halogens is 1. The van der Waals surface area contributed by atoms with Crippen LogP contribution in [0.3, 0.4) is 0 Å². The second kappa shape index (κ2) is 6.56. The van der Waals surface area contributed by atoms with Crippen LogP contribution in [0.2, 0.25) is 0 Å². The first kappa shape index (κ1) is 15.5. The molecule has 104 valence electrons. The van der Waals surface area contributed by atoms with Gasteiger partial charge >= 0.3 is 5.97 Å². The minimum atomic E-state index is -1.55. The van der Waals surface area contributed by atoms with E-state index in [4.69, 9.17) is 0 Å². The van der Waals surface area contributed by atoms with Crippen LogP contribution in [0, 0.1) is 5.82 Å². The summed E-state index contributed by atoms with van der Waals surface area (Å²) in [5, 5.41) is 11.8. The van der Waals surface area contributed by atoms with Gasteiger partial charge in [-0.2, -0.15) is 11.8 Å². The Morgan fingerprint density at radius 3 is 2.42 bits per heavy atom. The monoisotopic (exact) mass is 285 g/mol. The number of aliphatic carboxylic acids is 1. The number of hydrogen-bond acceptors (Lipinski definition) is 3. The van der Waals surface area contributed by atoms with E-state index in [0.29, 0.717) is 11.3 Å². The molecule has 6 heteroatoms. The van der Waals surface area contributed by atoms with Gasteiger partial charge in [0, 0.05) is 12.2 Å². The lowest BCUT2D eigenvalue weighted by Gasteiger charge is -2.26. The maximum atomic E-state index is 12.9. The molecule has 0 spiro atoms. The van der Waals surface area contributed by atoms with E-state index >= 15 is 0 Å². The molecule has 19 heavy (non-hydrogen) atoms. The SMILES string of the molecule is CSCCC(=O)NC(C)(C(=O)O)c1ccc(F)cc1. The van der Waals surface area contributed by atoms with Gasteiger partial charge in [0.15, 0.2) is 5.54 Å². The van der Waals surface area contributed by atoms with Crippen molar-refractivity contribution in [2.45, 2.75) is 18.9 Å². The molecule has 0 radical (unpaired) electrons. The number of nitrogens with one attached hydrogen (secondary N) is 1. The van der Waals surface area contributed by atoms with Crippen molar-refractivity contribution in [3.8, 4) is 0 Å². The zero-order valence-electron chi connectivity index (χ0n) is 10.8. The Kier molecular flexibility index (Phi) is 5.35. The van der Waals surface area contributed by atoms with Crippen LogP contribution in [0.5, 0.6) is 0 Å². The van der Waals surface area contributed by atoms with E-state index in [0.717, 1.165) is 0 Å². The van der Waals surface area contributed by atoms with Crippen molar-refractivity contribution < 1.29 is 19.1 Å². The van der Waals surface area contributed by atoms with Crippen molar-refractivity contribution in [1.29, 1.82) is 0 Å². The molecule has 0 aliphatic rings. The molecule has 0 aliphatic heterocycles. The summed E-state index contributed by atoms with van der Waals surface area (Å²) in [7, 11) is 0. The third-order valence-electron chi connectivity index (χ3n) is 2.77. The Morgan fingerprint density at radius 1 is 1.37 bits per heavy atom. The van der Waals surface area contributed by atoms with E-state index in [1.807, 2.05) is 6.26 Å². The van der Waals surface area contributed by atoms with Crippen molar-refractivity contribution in [3.05, 3.63) is 35.6 Å². The van der Waals surface area contributed by atoms with E-state index in [1.165, 1.54) is 43.0 Å². The second-order valence-corrected chi connectivity index (χ2v) is 5.21. The van der Waals surface area contributed by atoms with Crippen molar-refractivity contribution in [2.75, 3.05) is 12.0 Å². The normalized spacial score (nSPS) is 13.6. The van der Waals surface area contributed by atoms with Crippen molar-refractivity contribution >= 4 is 23.6 Å². The van der Waals surface area contributed by atoms with Crippen molar-refractivity contribution in [1.82, 2.24) is 5.32 Å². The Balaban J connectivity index is 2.94. The van der Waals surface area contributed by atoms with Crippen LogP contribution in [-0.4, -0.2) is 29.0 Å². The maximum absolute atomic E-state index is 12.9. The van der Waals surface area contributed by atoms with Crippen LogP contribution in [0.25, 0.3) is 0 Å². The third kappa shape index (κ3) is 3.96. The lowest BCUT2D eigenvalue weighted by molar-refractivity contribution is -0.147. The first-order valence-electron chi connectivity index (χ1n) is 5.69. The van der Waals surface area contributed by atoms with E-state index in [9.17, 15) is 19.1 Å². The first-order chi connectivity index (χ1) is 8.90. The summed E-state index contributed by atoms with van der Waals surface area (Å²) in [5.74, 6) is -1.37. The molecule has 4 nitrogen and oxygen atoms in total. The number of carbonyl (C=O) groups is 2. The summed E-state index contributed by atoms with van der Waals surface area (Å²) < 4.78 is 12.9. The van der Waals surface area contributed by atoms with Gasteiger partial charge in [-0.15, -0.1) is 0 Å². The molecule has 0 aromatic heterocycles. The lowest BCUT2D eigenvalue weighted by Crippen LogP contribution is -2.49. The molecule has 0 saturated heterocycles. The molecule has 1 rings (SSSR count). The Hall–Kier alpha value is -1.56. The molecule has 1 aromatic carbocycles. The Labute approximate surface area is 115 Å². The molecule has 1 aromatic rings. The van der Waals surface area contributed by atoms with Crippen LogP contribution in [-0.2, 0) is 15.1 Å². The van der Waals surface area contributed by atoms with Crippen molar-refractivity contribution in [2.24, 2.45) is 0 Å². The highest BCUT2D eigenvalue weighted by Crippen LogP contribution is 2.21. The smallest absolute Gasteiger partial charge is 0.333 e. The largest absolute Gasteiger partial charge is 0.479 e. The summed E-state index contributed by atoms with van der Waals surface area (Å²) in [4.78, 5) is 23.1. The average Bonchev–Trinajstić information content (AvgIpc) is 2.36. The van der Waals surface area contributed by atoms with E-state index in [1.54, 1.807) is 0 Å². The van der Waals surface area contributed by atoms with Gasteiger partial charge in [-0.1, -0.05) is 12.1 Å². The minimum absolute atomic E-state index is 0.241. The summed E-state index contributed by atoms with van der Waals surface area (Å²) in [6.45, 7) is 1.39. The van der Waals surface area contributed by atoms with Crippen LogP contribution in [0.1, 0.15) is 18.9 Å². The molecule has 1 unspecified atom stereocenters. The number of carbonyl (C=O) groups excluding carboxylic acids is 1. The van der Waals surface area contributed by atoms with Crippen LogP contribution >= 0.6 is 11.8 Å². The maximum Gasteiger partial charge on any atom is 0.333 e. The highest BCUT2D eigenvalue weighted by Gasteiger charge is 2.36. The predicted octanol–water partition coefficient (Wildman–Crippen LogP) is 1.99. The molecular formula is C13H16FNO3S. The molecule has 2 N–H and O–H groups in total. The van der Waals surface area contributed by atoms with Gasteiger partial charge in [0.1, 0.15) is 5.82 Å². The quantitative estimate of drug-likeness (QED) is 0.839. The zero-order chi connectivity index (χ0) is 14.5. The standard InChI is InChI=1S/C13H16FNO3S/c1-13(12(17)18,15-11(16)7-8-19-2)9-3-5-10(14)6-4-9/h3-6H,7-8H2,1-2H3,(H,15,16)(H,17,18). The lowest BCUT2D eigenvalue weighted by atomic mass is 9.92. The molecule has 0 saturated carbocycles. The fraction of sp³-hybridized carbons (Fsp3) is 0.385. The number of carboxylic acid groups (broad SMARTS) is 1. The van der Waals surface area contributed by atoms with Gasteiger partial charge in [0.2, 0.25) is 5.91 Å². The van der Waals surface area contributed by atoms with Crippen LogP contribution in [0.4, 0.5) is 4.39 Å². The van der Waals surface area contributed by atoms with Crippen LogP contribution < -0.4 is 5.32 Å². The number of thioether (sulfide) groups is 1. The summed E-state index contributed by atoms with van der Waals surface area (Å²) in [5.41, 5.74) is -1.22. The predicted molar refractivity (Wildman–Crippen MR) is 72.5 cm³/mol. The van der Waals surface area contributed by atoms with E-state index in [2.05, 4.69) is 5.32 Å². The number of carboxylic acids is 1. The molecule has 1 amide bonds. The minimum Gasteiger partial charge on any atom is -0.479 e. The van der Waals surface area contributed by atoms with Gasteiger partial charge < -0.3 is 10.4 Å². The fourth-order valence-corrected chi connectivity index (χ4v) is 1.96.